The molecule has 5 rings (SSSR count). The van der Waals surface area contributed by atoms with Crippen molar-refractivity contribution in [1.29, 1.82) is 0 Å². The van der Waals surface area contributed by atoms with Gasteiger partial charge in [-0.25, -0.2) is 4.39 Å². The summed E-state index contributed by atoms with van der Waals surface area (Å²) in [6.07, 6.45) is 3.08. The van der Waals surface area contributed by atoms with Crippen LogP contribution in [-0.4, -0.2) is 17.9 Å². The zero-order valence-electron chi connectivity index (χ0n) is 19.0. The number of benzene rings is 3. The smallest absolute Gasteiger partial charge is 0.362 e. The SMILES string of the molecule is O=C(N=[N+]=NC1CCC1)c1ccc(F)cc1NC1(Cc2cccc(Cl)c2)C(=O)Nc2cc(Cl)ccc21. The first kappa shape index (κ1) is 24.1. The first-order chi connectivity index (χ1) is 17.3. The Morgan fingerprint density at radius 1 is 1.11 bits per heavy atom. The molecule has 1 unspecified atom stereocenters. The maximum atomic E-state index is 14.4. The summed E-state index contributed by atoms with van der Waals surface area (Å²) in [5.74, 6) is -1.67. The van der Waals surface area contributed by atoms with Gasteiger partial charge in [-0.05, 0) is 67.3 Å². The zero-order valence-corrected chi connectivity index (χ0v) is 20.5. The van der Waals surface area contributed by atoms with E-state index in [0.29, 0.717) is 21.3 Å². The van der Waals surface area contributed by atoms with E-state index in [1.165, 1.54) is 6.07 Å². The highest BCUT2D eigenvalue weighted by Gasteiger charge is 2.47. The van der Waals surface area contributed by atoms with Crippen LogP contribution < -0.4 is 15.5 Å². The molecule has 1 saturated carbocycles. The molecule has 7 nitrogen and oxygen atoms in total. The van der Waals surface area contributed by atoms with Crippen molar-refractivity contribution in [3.8, 4) is 0 Å². The lowest BCUT2D eigenvalue weighted by atomic mass is 9.84. The predicted molar refractivity (Wildman–Crippen MR) is 136 cm³/mol. The van der Waals surface area contributed by atoms with Crippen LogP contribution in [0.3, 0.4) is 0 Å². The van der Waals surface area contributed by atoms with E-state index in [0.717, 1.165) is 37.0 Å². The number of hydrogen-bond acceptors (Lipinski definition) is 4. The van der Waals surface area contributed by atoms with Crippen LogP contribution >= 0.6 is 23.2 Å². The van der Waals surface area contributed by atoms with E-state index >= 15 is 0 Å². The second kappa shape index (κ2) is 9.82. The van der Waals surface area contributed by atoms with E-state index in [1.54, 1.807) is 36.4 Å². The van der Waals surface area contributed by atoms with Crippen LogP contribution in [0.2, 0.25) is 10.0 Å². The van der Waals surface area contributed by atoms with E-state index in [9.17, 15) is 14.0 Å². The molecule has 0 radical (unpaired) electrons. The van der Waals surface area contributed by atoms with Gasteiger partial charge in [-0.3, -0.25) is 9.59 Å². The largest absolute Gasteiger partial charge is 0.367 e. The van der Waals surface area contributed by atoms with Gasteiger partial charge in [0.25, 0.3) is 5.91 Å². The molecule has 2 aliphatic rings. The van der Waals surface area contributed by atoms with Gasteiger partial charge in [-0.15, -0.1) is 0 Å². The highest BCUT2D eigenvalue weighted by molar-refractivity contribution is 6.31. The highest BCUT2D eigenvalue weighted by atomic mass is 35.5. The maximum absolute atomic E-state index is 14.4. The Morgan fingerprint density at radius 3 is 2.67 bits per heavy atom. The number of amides is 2. The molecule has 1 aliphatic carbocycles. The summed E-state index contributed by atoms with van der Waals surface area (Å²) in [6, 6.07) is 15.9. The Balaban J connectivity index is 1.58. The molecule has 3 aromatic rings. The summed E-state index contributed by atoms with van der Waals surface area (Å²) in [5, 5.41) is 14.7. The number of rotatable bonds is 6. The lowest BCUT2D eigenvalue weighted by Gasteiger charge is -2.31. The van der Waals surface area contributed by atoms with Crippen molar-refractivity contribution in [2.75, 3.05) is 10.6 Å². The van der Waals surface area contributed by atoms with Gasteiger partial charge < -0.3 is 10.6 Å². The van der Waals surface area contributed by atoms with Crippen LogP contribution in [0.15, 0.2) is 70.9 Å². The first-order valence-electron chi connectivity index (χ1n) is 11.4. The molecule has 3 aromatic carbocycles. The molecular weight excluding hydrogens is 504 g/mol. The van der Waals surface area contributed by atoms with Gasteiger partial charge in [-0.2, -0.15) is 0 Å². The van der Waals surface area contributed by atoms with Crippen molar-refractivity contribution < 1.29 is 14.0 Å². The quantitative estimate of drug-likeness (QED) is 0.292. The number of hydrogen-bond donors (Lipinski definition) is 2. The van der Waals surface area contributed by atoms with E-state index in [-0.39, 0.29) is 29.6 Å². The summed E-state index contributed by atoms with van der Waals surface area (Å²) in [7, 11) is 0. The fraction of sp³-hybridized carbons (Fsp3) is 0.231. The van der Waals surface area contributed by atoms with Gasteiger partial charge in [0.1, 0.15) is 22.5 Å². The van der Waals surface area contributed by atoms with Crippen molar-refractivity contribution in [2.24, 2.45) is 10.2 Å². The molecule has 36 heavy (non-hydrogen) atoms. The molecular formula is C26H21Cl2FN5O2+. The molecule has 0 aromatic heterocycles. The van der Waals surface area contributed by atoms with Crippen LogP contribution in [0.4, 0.5) is 15.8 Å². The third kappa shape index (κ3) is 4.75. The van der Waals surface area contributed by atoms with Crippen LogP contribution in [0.5, 0.6) is 0 Å². The average molecular weight is 525 g/mol. The Labute approximate surface area is 216 Å². The molecule has 0 saturated heterocycles. The molecule has 0 spiro atoms. The minimum absolute atomic E-state index is 0.0599. The van der Waals surface area contributed by atoms with Crippen molar-refractivity contribution in [1.82, 2.24) is 4.91 Å². The Bertz CT molecular complexity index is 1440. The van der Waals surface area contributed by atoms with Gasteiger partial charge in [0.2, 0.25) is 10.0 Å². The molecule has 2 N–H and O–H groups in total. The molecule has 0 bridgehead atoms. The minimum atomic E-state index is -1.39. The van der Waals surface area contributed by atoms with Gasteiger partial charge >= 0.3 is 5.91 Å². The highest BCUT2D eigenvalue weighted by Crippen LogP contribution is 2.43. The van der Waals surface area contributed by atoms with Crippen molar-refractivity contribution in [3.63, 3.8) is 0 Å². The van der Waals surface area contributed by atoms with E-state index < -0.39 is 17.3 Å². The van der Waals surface area contributed by atoms with E-state index in [2.05, 4.69) is 25.8 Å². The summed E-state index contributed by atoms with van der Waals surface area (Å²) < 4.78 is 14.4. The fourth-order valence-electron chi connectivity index (χ4n) is 4.37. The molecule has 1 fully saturated rings. The number of nitrogens with zero attached hydrogens (tertiary/aromatic N) is 3. The minimum Gasteiger partial charge on any atom is -0.367 e. The number of fused-ring (bicyclic) bond motifs is 1. The Hall–Kier alpha value is -3.58. The molecule has 182 valence electrons. The lowest BCUT2D eigenvalue weighted by molar-refractivity contribution is -0.119. The van der Waals surface area contributed by atoms with Gasteiger partial charge in [-0.1, -0.05) is 41.4 Å². The fourth-order valence-corrected chi connectivity index (χ4v) is 4.76. The Kier molecular flexibility index (Phi) is 6.58. The molecule has 1 heterocycles. The zero-order chi connectivity index (χ0) is 25.3. The van der Waals surface area contributed by atoms with E-state index in [4.69, 9.17) is 23.2 Å². The Morgan fingerprint density at radius 2 is 1.92 bits per heavy atom. The van der Waals surface area contributed by atoms with Crippen LogP contribution in [0, 0.1) is 5.82 Å². The summed E-state index contributed by atoms with van der Waals surface area (Å²) in [4.78, 5) is 30.1. The topological polar surface area (TPSA) is 97.0 Å². The number of nitrogens with one attached hydrogen (secondary N) is 2. The van der Waals surface area contributed by atoms with Gasteiger partial charge in [0.05, 0.1) is 11.3 Å². The molecule has 10 heteroatoms. The van der Waals surface area contributed by atoms with Gasteiger partial charge in [0, 0.05) is 27.7 Å². The second-order valence-electron chi connectivity index (χ2n) is 8.87. The predicted octanol–water partition coefficient (Wildman–Crippen LogP) is 6.30. The summed E-state index contributed by atoms with van der Waals surface area (Å²) in [5.41, 5.74) is 0.649. The average Bonchev–Trinajstić information content (AvgIpc) is 3.05. The van der Waals surface area contributed by atoms with Crippen molar-refractivity contribution >= 4 is 46.4 Å². The van der Waals surface area contributed by atoms with Crippen LogP contribution in [0.1, 0.15) is 40.7 Å². The number of halogens is 3. The maximum Gasteiger partial charge on any atom is 0.362 e. The monoisotopic (exact) mass is 524 g/mol. The molecule has 1 aliphatic heterocycles. The summed E-state index contributed by atoms with van der Waals surface area (Å²) >= 11 is 12.4. The second-order valence-corrected chi connectivity index (χ2v) is 9.74. The number of anilines is 2. The number of carbonyl (C=O) groups excluding carboxylic acids is 2. The van der Waals surface area contributed by atoms with Crippen molar-refractivity contribution in [3.05, 3.63) is 93.2 Å². The normalized spacial score (nSPS) is 18.5. The summed E-state index contributed by atoms with van der Waals surface area (Å²) in [6.45, 7) is 0. The van der Waals surface area contributed by atoms with Gasteiger partial charge in [0.15, 0.2) is 0 Å². The third-order valence-corrected chi connectivity index (χ3v) is 6.89. The van der Waals surface area contributed by atoms with E-state index in [1.807, 2.05) is 6.07 Å². The molecule has 2 amide bonds. The standard InChI is InChI=1S/C26H20Cl2FN5O2/c27-16-4-1-3-15(11-16)14-26(21-10-7-17(28)12-23(21)30-25(26)36)31-22-13-18(29)8-9-20(22)24(35)33-34-32-19-5-2-6-19/h1,3-4,7-13,19H,2,5-6,14H2,(H-,30,31,35,36)/p+1. The number of carbonyl (C=O) groups is 2. The van der Waals surface area contributed by atoms with Crippen molar-refractivity contribution in [2.45, 2.75) is 37.3 Å². The lowest BCUT2D eigenvalue weighted by Crippen LogP contribution is -2.44. The van der Waals surface area contributed by atoms with Crippen LogP contribution in [-0.2, 0) is 16.8 Å². The first-order valence-corrected chi connectivity index (χ1v) is 12.2. The molecule has 1 atom stereocenters. The van der Waals surface area contributed by atoms with Crippen LogP contribution in [0.25, 0.3) is 0 Å². The third-order valence-electron chi connectivity index (χ3n) is 6.42.